The molecule has 0 atom stereocenters. The van der Waals surface area contributed by atoms with Crippen molar-refractivity contribution >= 4 is 0 Å². The fraction of sp³-hybridized carbons (Fsp3) is 0.222. The second-order valence-corrected chi connectivity index (χ2v) is 1.98. The smallest absolute Gasteiger partial charge is 0.0186 e. The molecule has 0 rings (SSSR count). The highest BCUT2D eigenvalue weighted by Crippen LogP contribution is 2.14. The van der Waals surface area contributed by atoms with E-state index in [1.54, 1.807) is 0 Å². The van der Waals surface area contributed by atoms with E-state index in [1.807, 2.05) is 19.1 Å². The van der Waals surface area contributed by atoms with Crippen LogP contribution < -0.4 is 0 Å². The Morgan fingerprint density at radius 3 is 2.33 bits per heavy atom. The molecule has 1 radical (unpaired) electrons. The standard InChI is InChI=1S/C9H13/c1-5-7-9(4)8(3)6-2/h5-6H,1-2,4,7H2,3H3. The van der Waals surface area contributed by atoms with Crippen LogP contribution in [-0.2, 0) is 0 Å². The van der Waals surface area contributed by atoms with Gasteiger partial charge in [-0.15, -0.1) is 13.2 Å². The van der Waals surface area contributed by atoms with E-state index < -0.39 is 0 Å². The van der Waals surface area contributed by atoms with E-state index in [-0.39, 0.29) is 0 Å². The summed E-state index contributed by atoms with van der Waals surface area (Å²) in [4.78, 5) is 0. The van der Waals surface area contributed by atoms with Crippen molar-refractivity contribution in [2.75, 3.05) is 0 Å². The van der Waals surface area contributed by atoms with Crippen LogP contribution in [0.2, 0.25) is 0 Å². The van der Waals surface area contributed by atoms with E-state index in [0.29, 0.717) is 0 Å². The highest BCUT2D eigenvalue weighted by Gasteiger charge is 1.98. The maximum Gasteiger partial charge on any atom is 0.0186 e. The van der Waals surface area contributed by atoms with Gasteiger partial charge in [-0.05, 0) is 6.42 Å². The van der Waals surface area contributed by atoms with Crippen LogP contribution in [0.1, 0.15) is 13.3 Å². The van der Waals surface area contributed by atoms with Crippen LogP contribution in [0.4, 0.5) is 0 Å². The van der Waals surface area contributed by atoms with Crippen LogP contribution in [0.15, 0.2) is 37.5 Å². The van der Waals surface area contributed by atoms with E-state index in [0.717, 1.165) is 17.9 Å². The van der Waals surface area contributed by atoms with Crippen LogP contribution in [0.5, 0.6) is 0 Å². The summed E-state index contributed by atoms with van der Waals surface area (Å²) in [6.45, 7) is 13.1. The molecule has 0 heterocycles. The van der Waals surface area contributed by atoms with Gasteiger partial charge in [0.1, 0.15) is 0 Å². The quantitative estimate of drug-likeness (QED) is 0.502. The molecule has 0 amide bonds. The van der Waals surface area contributed by atoms with Crippen LogP contribution in [0, 0.1) is 5.92 Å². The van der Waals surface area contributed by atoms with Gasteiger partial charge in [0, 0.05) is 5.92 Å². The summed E-state index contributed by atoms with van der Waals surface area (Å²) >= 11 is 0. The Morgan fingerprint density at radius 2 is 2.00 bits per heavy atom. The van der Waals surface area contributed by atoms with Crippen molar-refractivity contribution in [3.8, 4) is 0 Å². The molecule has 0 spiro atoms. The molecule has 0 saturated heterocycles. The second kappa shape index (κ2) is 4.13. The predicted octanol–water partition coefficient (Wildman–Crippen LogP) is 2.90. The lowest BCUT2D eigenvalue weighted by atomic mass is 10.0. The first kappa shape index (κ1) is 8.22. The van der Waals surface area contributed by atoms with Gasteiger partial charge < -0.3 is 0 Å². The summed E-state index contributed by atoms with van der Waals surface area (Å²) in [5.74, 6) is 1.15. The fourth-order valence-corrected chi connectivity index (χ4v) is 0.480. The summed E-state index contributed by atoms with van der Waals surface area (Å²) in [7, 11) is 0. The van der Waals surface area contributed by atoms with Gasteiger partial charge in [-0.1, -0.05) is 31.2 Å². The molecular formula is C9H13. The van der Waals surface area contributed by atoms with Crippen LogP contribution in [0.25, 0.3) is 0 Å². The maximum absolute atomic E-state index is 3.84. The predicted molar refractivity (Wildman–Crippen MR) is 43.1 cm³/mol. The van der Waals surface area contributed by atoms with E-state index >= 15 is 0 Å². The molecule has 9 heavy (non-hydrogen) atoms. The Labute approximate surface area is 57.6 Å². The summed E-state index contributed by atoms with van der Waals surface area (Å²) in [6.07, 6.45) is 4.51. The first-order valence-electron chi connectivity index (χ1n) is 2.97. The molecule has 49 valence electrons. The van der Waals surface area contributed by atoms with Crippen molar-refractivity contribution in [3.63, 3.8) is 0 Å². The third-order valence-electron chi connectivity index (χ3n) is 1.25. The second-order valence-electron chi connectivity index (χ2n) is 1.98. The zero-order valence-electron chi connectivity index (χ0n) is 5.98. The van der Waals surface area contributed by atoms with Crippen LogP contribution >= 0.6 is 0 Å². The first-order chi connectivity index (χ1) is 4.22. The molecular weight excluding hydrogens is 108 g/mol. The summed E-state index contributed by atoms with van der Waals surface area (Å²) in [6, 6.07) is 0. The molecule has 0 aromatic rings. The number of allylic oxidation sites excluding steroid dienone is 3. The lowest BCUT2D eigenvalue weighted by Gasteiger charge is -2.04. The van der Waals surface area contributed by atoms with E-state index in [2.05, 4.69) is 19.7 Å². The SMILES string of the molecule is C=CCC(=C)[C](C)C=C. The Kier molecular flexibility index (Phi) is 3.78. The third-order valence-corrected chi connectivity index (χ3v) is 1.25. The number of hydrogen-bond donors (Lipinski definition) is 0. The first-order valence-corrected chi connectivity index (χ1v) is 2.97. The lowest BCUT2D eigenvalue weighted by Crippen LogP contribution is -1.88. The highest BCUT2D eigenvalue weighted by atomic mass is 14.0. The van der Waals surface area contributed by atoms with Gasteiger partial charge in [0.15, 0.2) is 0 Å². The average Bonchev–Trinajstić information content (AvgIpc) is 1.87. The van der Waals surface area contributed by atoms with Gasteiger partial charge in [-0.25, -0.2) is 0 Å². The minimum atomic E-state index is 0.859. The Hall–Kier alpha value is -0.780. The lowest BCUT2D eigenvalue weighted by molar-refractivity contribution is 1.13. The third kappa shape index (κ3) is 2.91. The Morgan fingerprint density at radius 1 is 1.44 bits per heavy atom. The fourth-order valence-electron chi connectivity index (χ4n) is 0.480. The minimum absolute atomic E-state index is 0.859. The average molecular weight is 121 g/mol. The van der Waals surface area contributed by atoms with Gasteiger partial charge in [-0.3, -0.25) is 0 Å². The molecule has 0 bridgehead atoms. The molecule has 0 heteroatoms. The largest absolute Gasteiger partial charge is 0.103 e. The van der Waals surface area contributed by atoms with E-state index in [1.165, 1.54) is 0 Å². The molecule has 0 aromatic carbocycles. The number of rotatable bonds is 4. The van der Waals surface area contributed by atoms with Crippen molar-refractivity contribution in [2.45, 2.75) is 13.3 Å². The Balaban J connectivity index is 3.71. The molecule has 0 aliphatic heterocycles. The van der Waals surface area contributed by atoms with Gasteiger partial charge in [0.2, 0.25) is 0 Å². The van der Waals surface area contributed by atoms with Crippen LogP contribution in [0.3, 0.4) is 0 Å². The van der Waals surface area contributed by atoms with Crippen LogP contribution in [-0.4, -0.2) is 0 Å². The topological polar surface area (TPSA) is 0 Å². The van der Waals surface area contributed by atoms with Crippen molar-refractivity contribution in [1.82, 2.24) is 0 Å². The summed E-state index contributed by atoms with van der Waals surface area (Å²) in [5, 5.41) is 0. The minimum Gasteiger partial charge on any atom is -0.103 e. The van der Waals surface area contributed by atoms with Gasteiger partial charge in [0.25, 0.3) is 0 Å². The normalized spacial score (nSPS) is 9.11. The molecule has 0 N–H and O–H groups in total. The molecule has 0 aromatic heterocycles. The molecule has 0 saturated carbocycles. The number of hydrogen-bond acceptors (Lipinski definition) is 0. The van der Waals surface area contributed by atoms with Gasteiger partial charge in [0.05, 0.1) is 0 Å². The zero-order valence-corrected chi connectivity index (χ0v) is 5.98. The van der Waals surface area contributed by atoms with E-state index in [9.17, 15) is 0 Å². The summed E-state index contributed by atoms with van der Waals surface area (Å²) < 4.78 is 0. The summed E-state index contributed by atoms with van der Waals surface area (Å²) in [5.41, 5.74) is 1.10. The van der Waals surface area contributed by atoms with Crippen molar-refractivity contribution < 1.29 is 0 Å². The molecule has 0 aliphatic carbocycles. The Bertz CT molecular complexity index is 120. The van der Waals surface area contributed by atoms with Crippen molar-refractivity contribution in [1.29, 1.82) is 0 Å². The van der Waals surface area contributed by atoms with Crippen molar-refractivity contribution in [3.05, 3.63) is 43.4 Å². The zero-order chi connectivity index (χ0) is 7.28. The monoisotopic (exact) mass is 121 g/mol. The molecule has 0 aliphatic rings. The van der Waals surface area contributed by atoms with Gasteiger partial charge in [-0.2, -0.15) is 0 Å². The van der Waals surface area contributed by atoms with E-state index in [4.69, 9.17) is 0 Å². The molecule has 0 nitrogen and oxygen atoms in total. The van der Waals surface area contributed by atoms with Crippen molar-refractivity contribution in [2.24, 2.45) is 0 Å². The molecule has 0 unspecified atom stereocenters. The highest BCUT2D eigenvalue weighted by molar-refractivity contribution is 5.28. The molecule has 0 fully saturated rings. The van der Waals surface area contributed by atoms with Gasteiger partial charge >= 0.3 is 0 Å². The maximum atomic E-state index is 3.84.